The number of ether oxygens (including phenoxy) is 1. The Bertz CT molecular complexity index is 298. The molecule has 0 aromatic carbocycles. The molecule has 0 aromatic heterocycles. The molecule has 2 fully saturated rings. The third kappa shape index (κ3) is 3.37. The van der Waals surface area contributed by atoms with E-state index in [1.165, 1.54) is 32.4 Å². The average Bonchev–Trinajstić information content (AvgIpc) is 2.28. The molecular weight excluding hydrogens is 228 g/mol. The van der Waals surface area contributed by atoms with Crippen molar-refractivity contribution in [2.24, 2.45) is 5.41 Å². The standard InChI is InChI=1S/C14H26N2O2/c1-13(2,3)18-12(17)16-10-4-5-14(11-16)6-8-15-9-7-14/h15H,4-11H2,1-3H3/p+1. The van der Waals surface area contributed by atoms with Gasteiger partial charge in [-0.15, -0.1) is 0 Å². The average molecular weight is 255 g/mol. The predicted octanol–water partition coefficient (Wildman–Crippen LogP) is 1.36. The molecule has 0 radical (unpaired) electrons. The quantitative estimate of drug-likeness (QED) is 0.710. The van der Waals surface area contributed by atoms with E-state index in [2.05, 4.69) is 5.32 Å². The van der Waals surface area contributed by atoms with Crippen molar-refractivity contribution in [3.63, 3.8) is 0 Å². The first kappa shape index (κ1) is 13.7. The van der Waals surface area contributed by atoms with Crippen LogP contribution < -0.4 is 5.32 Å². The van der Waals surface area contributed by atoms with E-state index >= 15 is 0 Å². The van der Waals surface area contributed by atoms with Crippen LogP contribution in [0.3, 0.4) is 0 Å². The highest BCUT2D eigenvalue weighted by molar-refractivity contribution is 5.68. The van der Waals surface area contributed by atoms with Crippen molar-refractivity contribution in [1.82, 2.24) is 4.90 Å². The summed E-state index contributed by atoms with van der Waals surface area (Å²) in [6.07, 6.45) is 4.76. The number of hydrogen-bond donors (Lipinski definition) is 1. The van der Waals surface area contributed by atoms with Gasteiger partial charge in [0, 0.05) is 25.9 Å². The highest BCUT2D eigenvalue weighted by Gasteiger charge is 2.40. The lowest BCUT2D eigenvalue weighted by molar-refractivity contribution is -0.668. The fourth-order valence-corrected chi connectivity index (χ4v) is 3.18. The van der Waals surface area contributed by atoms with Gasteiger partial charge >= 0.3 is 6.09 Å². The van der Waals surface area contributed by atoms with Crippen LogP contribution in [-0.4, -0.2) is 42.8 Å². The number of piperidine rings is 2. The number of carbonyl (C=O) groups excluding carboxylic acids is 1. The highest BCUT2D eigenvalue weighted by atomic mass is 16.6. The van der Waals surface area contributed by atoms with Crippen molar-refractivity contribution in [3.05, 3.63) is 0 Å². The summed E-state index contributed by atoms with van der Waals surface area (Å²) in [5.74, 6) is 0. The maximum Gasteiger partial charge on any atom is 0.410 e. The molecule has 2 aliphatic rings. The SMILES string of the molecule is CC(C)(C)OC(=O)N1CCCC2(CC[NH2+]CC2)C1. The van der Waals surface area contributed by atoms with Gasteiger partial charge in [-0.2, -0.15) is 0 Å². The van der Waals surface area contributed by atoms with Crippen molar-refractivity contribution < 1.29 is 14.8 Å². The van der Waals surface area contributed by atoms with Gasteiger partial charge in [0.15, 0.2) is 0 Å². The third-order valence-electron chi connectivity index (χ3n) is 4.07. The molecule has 2 heterocycles. The lowest BCUT2D eigenvalue weighted by atomic mass is 9.73. The summed E-state index contributed by atoms with van der Waals surface area (Å²) in [4.78, 5) is 14.1. The van der Waals surface area contributed by atoms with E-state index in [0.717, 1.165) is 19.5 Å². The Morgan fingerprint density at radius 1 is 1.22 bits per heavy atom. The number of quaternary nitrogens is 1. The molecule has 0 atom stereocenters. The Balaban J connectivity index is 1.95. The Hall–Kier alpha value is -0.770. The first-order valence-electron chi connectivity index (χ1n) is 7.20. The third-order valence-corrected chi connectivity index (χ3v) is 4.07. The minimum absolute atomic E-state index is 0.129. The Morgan fingerprint density at radius 2 is 1.89 bits per heavy atom. The zero-order valence-corrected chi connectivity index (χ0v) is 12.0. The van der Waals surface area contributed by atoms with Crippen LogP contribution in [-0.2, 0) is 4.74 Å². The van der Waals surface area contributed by atoms with Gasteiger partial charge in [-0.25, -0.2) is 4.79 Å². The molecule has 0 bridgehead atoms. The minimum atomic E-state index is -0.387. The Labute approximate surface area is 110 Å². The molecule has 2 rings (SSSR count). The number of amides is 1. The van der Waals surface area contributed by atoms with Crippen molar-refractivity contribution >= 4 is 6.09 Å². The van der Waals surface area contributed by atoms with Crippen LogP contribution in [0.15, 0.2) is 0 Å². The van der Waals surface area contributed by atoms with E-state index in [4.69, 9.17) is 4.74 Å². The number of nitrogens with zero attached hydrogens (tertiary/aromatic N) is 1. The largest absolute Gasteiger partial charge is 0.444 e. The zero-order valence-electron chi connectivity index (χ0n) is 12.0. The monoisotopic (exact) mass is 255 g/mol. The maximum atomic E-state index is 12.1. The number of carbonyl (C=O) groups is 1. The van der Waals surface area contributed by atoms with E-state index in [1.807, 2.05) is 25.7 Å². The highest BCUT2D eigenvalue weighted by Crippen LogP contribution is 2.37. The second-order valence-electron chi connectivity index (χ2n) is 6.87. The molecule has 0 unspecified atom stereocenters. The van der Waals surface area contributed by atoms with Crippen molar-refractivity contribution in [2.45, 2.75) is 52.1 Å². The second kappa shape index (κ2) is 5.08. The number of likely N-dealkylation sites (tertiary alicyclic amines) is 1. The van der Waals surface area contributed by atoms with Gasteiger partial charge in [-0.05, 0) is 39.0 Å². The van der Waals surface area contributed by atoms with Crippen LogP contribution in [0.1, 0.15) is 46.5 Å². The number of rotatable bonds is 0. The Morgan fingerprint density at radius 3 is 2.50 bits per heavy atom. The first-order chi connectivity index (χ1) is 8.40. The van der Waals surface area contributed by atoms with Crippen LogP contribution in [0, 0.1) is 5.41 Å². The van der Waals surface area contributed by atoms with Gasteiger partial charge in [0.1, 0.15) is 5.60 Å². The molecule has 4 nitrogen and oxygen atoms in total. The molecule has 2 saturated heterocycles. The van der Waals surface area contributed by atoms with Gasteiger partial charge in [-0.3, -0.25) is 0 Å². The van der Waals surface area contributed by atoms with E-state index in [9.17, 15) is 4.79 Å². The van der Waals surface area contributed by atoms with Crippen LogP contribution in [0.4, 0.5) is 4.79 Å². The number of nitrogens with two attached hydrogens (primary N) is 1. The van der Waals surface area contributed by atoms with Crippen molar-refractivity contribution in [2.75, 3.05) is 26.2 Å². The maximum absolute atomic E-state index is 12.1. The summed E-state index contributed by atoms with van der Waals surface area (Å²) in [5.41, 5.74) is -0.00800. The summed E-state index contributed by atoms with van der Waals surface area (Å²) in [7, 11) is 0. The minimum Gasteiger partial charge on any atom is -0.444 e. The second-order valence-corrected chi connectivity index (χ2v) is 6.87. The predicted molar refractivity (Wildman–Crippen MR) is 70.4 cm³/mol. The Kier molecular flexibility index (Phi) is 3.85. The van der Waals surface area contributed by atoms with Gasteiger partial charge in [0.25, 0.3) is 0 Å². The normalized spacial score (nSPS) is 24.1. The summed E-state index contributed by atoms with van der Waals surface area (Å²) in [6.45, 7) is 9.97. The smallest absolute Gasteiger partial charge is 0.410 e. The van der Waals surface area contributed by atoms with Crippen molar-refractivity contribution in [3.8, 4) is 0 Å². The van der Waals surface area contributed by atoms with E-state index < -0.39 is 0 Å². The molecule has 1 spiro atoms. The summed E-state index contributed by atoms with van der Waals surface area (Å²) in [6, 6.07) is 0. The van der Waals surface area contributed by atoms with Crippen LogP contribution in [0.2, 0.25) is 0 Å². The first-order valence-corrected chi connectivity index (χ1v) is 7.20. The summed E-state index contributed by atoms with van der Waals surface area (Å²) in [5, 5.41) is 2.39. The molecule has 18 heavy (non-hydrogen) atoms. The molecule has 104 valence electrons. The molecule has 1 amide bonds. The topological polar surface area (TPSA) is 46.1 Å². The molecule has 0 aromatic rings. The number of hydrogen-bond acceptors (Lipinski definition) is 2. The molecule has 2 N–H and O–H groups in total. The molecule has 4 heteroatoms. The van der Waals surface area contributed by atoms with E-state index in [-0.39, 0.29) is 11.7 Å². The molecule has 0 aliphatic carbocycles. The fraction of sp³-hybridized carbons (Fsp3) is 0.929. The molecule has 2 aliphatic heterocycles. The van der Waals surface area contributed by atoms with Gasteiger partial charge < -0.3 is 15.0 Å². The van der Waals surface area contributed by atoms with E-state index in [0.29, 0.717) is 5.41 Å². The molecule has 0 saturated carbocycles. The van der Waals surface area contributed by atoms with Gasteiger partial charge in [0.05, 0.1) is 13.1 Å². The zero-order chi connectivity index (χ0) is 13.2. The summed E-state index contributed by atoms with van der Waals surface area (Å²) < 4.78 is 5.49. The van der Waals surface area contributed by atoms with Crippen LogP contribution in [0.25, 0.3) is 0 Å². The molecular formula is C14H27N2O2+. The lowest BCUT2D eigenvalue weighted by Gasteiger charge is -2.44. The van der Waals surface area contributed by atoms with Gasteiger partial charge in [-0.1, -0.05) is 0 Å². The lowest BCUT2D eigenvalue weighted by Crippen LogP contribution is -2.87. The fourth-order valence-electron chi connectivity index (χ4n) is 3.18. The van der Waals surface area contributed by atoms with Crippen LogP contribution in [0.5, 0.6) is 0 Å². The van der Waals surface area contributed by atoms with E-state index in [1.54, 1.807) is 0 Å². The van der Waals surface area contributed by atoms with Crippen molar-refractivity contribution in [1.29, 1.82) is 0 Å². The van der Waals surface area contributed by atoms with Gasteiger partial charge in [0.2, 0.25) is 0 Å². The summed E-state index contributed by atoms with van der Waals surface area (Å²) >= 11 is 0. The van der Waals surface area contributed by atoms with Crippen LogP contribution >= 0.6 is 0 Å².